The Labute approximate surface area is 221 Å². The number of carbonyl (C=O) groups is 3. The van der Waals surface area contributed by atoms with Crippen LogP contribution in [-0.2, 0) is 32.1 Å². The van der Waals surface area contributed by atoms with Gasteiger partial charge in [-0.2, -0.15) is 0 Å². The summed E-state index contributed by atoms with van der Waals surface area (Å²) in [7, 11) is 4.30. The molecule has 3 rings (SSSR count). The molecule has 37 heavy (non-hydrogen) atoms. The molecular formula is C30H41N3O4. The lowest BCUT2D eigenvalue weighted by atomic mass is 9.74. The Hall–Kier alpha value is -3.03. The maximum atomic E-state index is 12.5. The van der Waals surface area contributed by atoms with Crippen LogP contribution in [-0.4, -0.2) is 61.3 Å². The molecule has 2 aromatic carbocycles. The number of hydrogen-bond donors (Lipinski definition) is 2. The van der Waals surface area contributed by atoms with Crippen LogP contribution in [0.1, 0.15) is 55.2 Å². The molecular weight excluding hydrogens is 466 g/mol. The number of amides is 1. The number of hydrogen-bond acceptors (Lipinski definition) is 6. The molecule has 200 valence electrons. The molecule has 0 aliphatic heterocycles. The number of ether oxygens (including phenoxy) is 1. The summed E-state index contributed by atoms with van der Waals surface area (Å²) in [4.78, 5) is 38.8. The van der Waals surface area contributed by atoms with E-state index in [-0.39, 0.29) is 55.8 Å². The van der Waals surface area contributed by atoms with Crippen LogP contribution in [0.3, 0.4) is 0 Å². The number of nitrogens with one attached hydrogen (secondary N) is 2. The van der Waals surface area contributed by atoms with E-state index in [1.165, 1.54) is 11.1 Å². The second-order valence-electron chi connectivity index (χ2n) is 10.4. The van der Waals surface area contributed by atoms with Gasteiger partial charge in [0.15, 0.2) is 0 Å². The quantitative estimate of drug-likeness (QED) is 0.403. The van der Waals surface area contributed by atoms with Gasteiger partial charge in [-0.05, 0) is 64.3 Å². The molecule has 1 aliphatic carbocycles. The summed E-state index contributed by atoms with van der Waals surface area (Å²) in [6, 6.07) is 18.3. The zero-order valence-corrected chi connectivity index (χ0v) is 22.4. The van der Waals surface area contributed by atoms with Crippen molar-refractivity contribution in [1.82, 2.24) is 15.5 Å². The first kappa shape index (κ1) is 28.5. The molecule has 1 saturated carbocycles. The Balaban J connectivity index is 1.31. The molecule has 2 N–H and O–H groups in total. The van der Waals surface area contributed by atoms with E-state index in [1.807, 2.05) is 30.3 Å². The zero-order chi connectivity index (χ0) is 26.7. The SMILES string of the molecule is Cc1cccc(CC2(N(C)C)CCC(NC(=O)CCC(=O)CNCC(=O)OCc3ccccc3)CC2)c1. The zero-order valence-electron chi connectivity index (χ0n) is 22.4. The van der Waals surface area contributed by atoms with Gasteiger partial charge in [0.05, 0.1) is 13.1 Å². The van der Waals surface area contributed by atoms with Crippen molar-refractivity contribution in [1.29, 1.82) is 0 Å². The van der Waals surface area contributed by atoms with Gasteiger partial charge in [0.25, 0.3) is 0 Å². The average Bonchev–Trinajstić information content (AvgIpc) is 2.88. The number of ketones is 1. The Bertz CT molecular complexity index is 1030. The highest BCUT2D eigenvalue weighted by atomic mass is 16.5. The summed E-state index contributed by atoms with van der Waals surface area (Å²) in [5, 5.41) is 5.94. The molecule has 0 saturated heterocycles. The van der Waals surface area contributed by atoms with E-state index in [0.717, 1.165) is 37.7 Å². The molecule has 0 radical (unpaired) electrons. The van der Waals surface area contributed by atoms with Crippen LogP contribution >= 0.6 is 0 Å². The molecule has 0 spiro atoms. The molecule has 2 aromatic rings. The molecule has 7 heteroatoms. The smallest absolute Gasteiger partial charge is 0.320 e. The lowest BCUT2D eigenvalue weighted by molar-refractivity contribution is -0.143. The fraction of sp³-hybridized carbons (Fsp3) is 0.500. The first-order chi connectivity index (χ1) is 17.8. The molecule has 0 unspecified atom stereocenters. The number of aryl methyl sites for hydroxylation is 1. The largest absolute Gasteiger partial charge is 0.460 e. The summed E-state index contributed by atoms with van der Waals surface area (Å²) >= 11 is 0. The van der Waals surface area contributed by atoms with Gasteiger partial charge in [0.1, 0.15) is 12.4 Å². The van der Waals surface area contributed by atoms with Crippen molar-refractivity contribution in [2.45, 2.75) is 70.1 Å². The molecule has 7 nitrogen and oxygen atoms in total. The topological polar surface area (TPSA) is 87.7 Å². The van der Waals surface area contributed by atoms with Gasteiger partial charge in [0, 0.05) is 24.4 Å². The van der Waals surface area contributed by atoms with Crippen molar-refractivity contribution in [3.05, 3.63) is 71.3 Å². The van der Waals surface area contributed by atoms with Crippen LogP contribution in [0.2, 0.25) is 0 Å². The minimum atomic E-state index is -0.414. The van der Waals surface area contributed by atoms with Crippen molar-refractivity contribution < 1.29 is 19.1 Å². The highest BCUT2D eigenvalue weighted by Crippen LogP contribution is 2.35. The highest BCUT2D eigenvalue weighted by molar-refractivity contribution is 5.86. The minimum absolute atomic E-state index is 0.0387. The molecule has 1 aliphatic rings. The lowest BCUT2D eigenvalue weighted by Crippen LogP contribution is -2.52. The lowest BCUT2D eigenvalue weighted by Gasteiger charge is -2.45. The summed E-state index contributed by atoms with van der Waals surface area (Å²) in [6.45, 7) is 2.34. The van der Waals surface area contributed by atoms with Gasteiger partial charge < -0.3 is 20.3 Å². The van der Waals surface area contributed by atoms with Gasteiger partial charge >= 0.3 is 5.97 Å². The third-order valence-electron chi connectivity index (χ3n) is 7.31. The maximum Gasteiger partial charge on any atom is 0.320 e. The Morgan fingerprint density at radius 2 is 1.65 bits per heavy atom. The normalized spacial score (nSPS) is 19.4. The van der Waals surface area contributed by atoms with E-state index >= 15 is 0 Å². The predicted molar refractivity (Wildman–Crippen MR) is 145 cm³/mol. The number of likely N-dealkylation sites (N-methyl/N-ethyl adjacent to an activating group) is 1. The number of Topliss-reactive ketones (excluding diaryl/α,β-unsaturated/α-hetero) is 1. The van der Waals surface area contributed by atoms with E-state index in [2.05, 4.69) is 60.8 Å². The first-order valence-corrected chi connectivity index (χ1v) is 13.2. The molecule has 0 atom stereocenters. The molecule has 0 aromatic heterocycles. The average molecular weight is 508 g/mol. The summed E-state index contributed by atoms with van der Waals surface area (Å²) in [5.41, 5.74) is 3.64. The van der Waals surface area contributed by atoms with Gasteiger partial charge in [-0.1, -0.05) is 60.2 Å². The number of nitrogens with zero attached hydrogens (tertiary/aromatic N) is 1. The van der Waals surface area contributed by atoms with Crippen LogP contribution in [0.5, 0.6) is 0 Å². The second-order valence-corrected chi connectivity index (χ2v) is 10.4. The third kappa shape index (κ3) is 9.41. The van der Waals surface area contributed by atoms with Crippen LogP contribution in [0, 0.1) is 6.92 Å². The Morgan fingerprint density at radius 1 is 0.946 bits per heavy atom. The van der Waals surface area contributed by atoms with E-state index in [1.54, 1.807) is 0 Å². The predicted octanol–water partition coefficient (Wildman–Crippen LogP) is 3.58. The van der Waals surface area contributed by atoms with Crippen molar-refractivity contribution in [2.75, 3.05) is 27.2 Å². The monoisotopic (exact) mass is 507 g/mol. The van der Waals surface area contributed by atoms with E-state index in [0.29, 0.717) is 0 Å². The van der Waals surface area contributed by atoms with Crippen LogP contribution < -0.4 is 10.6 Å². The van der Waals surface area contributed by atoms with Gasteiger partial charge in [-0.15, -0.1) is 0 Å². The van der Waals surface area contributed by atoms with Crippen LogP contribution in [0.15, 0.2) is 54.6 Å². The molecule has 0 heterocycles. The standard InChI is InChI=1S/C30H41N3O4/c1-23-8-7-11-25(18-23)19-30(33(2)3)16-14-26(15-17-30)32-28(35)13-12-27(34)20-31-21-29(36)37-22-24-9-5-4-6-10-24/h4-11,18,26,31H,12-17,19-22H2,1-3H3,(H,32,35). The summed E-state index contributed by atoms with van der Waals surface area (Å²) < 4.78 is 5.18. The fourth-order valence-corrected chi connectivity index (χ4v) is 5.02. The van der Waals surface area contributed by atoms with Gasteiger partial charge in [-0.3, -0.25) is 14.4 Å². The van der Waals surface area contributed by atoms with E-state index < -0.39 is 5.97 Å². The number of rotatable bonds is 13. The highest BCUT2D eigenvalue weighted by Gasteiger charge is 2.37. The van der Waals surface area contributed by atoms with Crippen molar-refractivity contribution >= 4 is 17.7 Å². The summed E-state index contributed by atoms with van der Waals surface area (Å²) in [5.74, 6) is -0.598. The molecule has 1 fully saturated rings. The molecule has 1 amide bonds. The third-order valence-corrected chi connectivity index (χ3v) is 7.31. The van der Waals surface area contributed by atoms with Gasteiger partial charge in [0.2, 0.25) is 5.91 Å². The van der Waals surface area contributed by atoms with Crippen molar-refractivity contribution in [3.63, 3.8) is 0 Å². The first-order valence-electron chi connectivity index (χ1n) is 13.2. The summed E-state index contributed by atoms with van der Waals surface area (Å²) in [6.07, 6.45) is 5.21. The Kier molecular flexibility index (Phi) is 10.8. The van der Waals surface area contributed by atoms with Crippen LogP contribution in [0.4, 0.5) is 0 Å². The van der Waals surface area contributed by atoms with Crippen molar-refractivity contribution in [2.24, 2.45) is 0 Å². The number of carbonyl (C=O) groups excluding carboxylic acids is 3. The van der Waals surface area contributed by atoms with E-state index in [4.69, 9.17) is 4.74 Å². The molecule has 0 bridgehead atoms. The van der Waals surface area contributed by atoms with E-state index in [9.17, 15) is 14.4 Å². The van der Waals surface area contributed by atoms with Crippen LogP contribution in [0.25, 0.3) is 0 Å². The Morgan fingerprint density at radius 3 is 2.32 bits per heavy atom. The minimum Gasteiger partial charge on any atom is -0.460 e. The fourth-order valence-electron chi connectivity index (χ4n) is 5.02. The number of benzene rings is 2. The van der Waals surface area contributed by atoms with Gasteiger partial charge in [-0.25, -0.2) is 0 Å². The maximum absolute atomic E-state index is 12.5. The van der Waals surface area contributed by atoms with Crippen molar-refractivity contribution in [3.8, 4) is 0 Å². The second kappa shape index (κ2) is 14.1. The number of esters is 1.